The molecule has 0 radical (unpaired) electrons. The Hall–Kier alpha value is -2.11. The summed E-state index contributed by atoms with van der Waals surface area (Å²) in [6.45, 7) is 7.94. The fourth-order valence-electron chi connectivity index (χ4n) is 4.94. The smallest absolute Gasteiger partial charge is 0.166 e. The molecule has 1 aliphatic heterocycles. The average molecular weight is 462 g/mol. The first-order valence-electron chi connectivity index (χ1n) is 11.5. The van der Waals surface area contributed by atoms with Crippen LogP contribution in [-0.4, -0.2) is 37.0 Å². The molecule has 0 spiro atoms. The van der Waals surface area contributed by atoms with E-state index in [4.69, 9.17) is 9.47 Å². The van der Waals surface area contributed by atoms with Gasteiger partial charge in [-0.15, -0.1) is 12.4 Å². The van der Waals surface area contributed by atoms with Crippen LogP contribution < -0.4 is 9.47 Å². The molecule has 0 saturated carbocycles. The Morgan fingerprint density at radius 3 is 2.25 bits per heavy atom. The number of Topliss-reactive ketones (excluding diaryl/α,β-unsaturated/α-hetero) is 1. The number of carbonyl (C=O) groups is 1. The number of rotatable bonds is 8. The Morgan fingerprint density at radius 1 is 1.00 bits per heavy atom. The number of nitrogens with zero attached hydrogens (tertiary/aromatic N) is 1. The van der Waals surface area contributed by atoms with Crippen molar-refractivity contribution in [3.05, 3.63) is 58.9 Å². The van der Waals surface area contributed by atoms with Crippen LogP contribution in [0.2, 0.25) is 0 Å². The summed E-state index contributed by atoms with van der Waals surface area (Å²) in [5, 5.41) is 0. The Labute approximate surface area is 196 Å². The molecule has 4 nitrogen and oxygen atoms in total. The lowest BCUT2D eigenvalue weighted by Crippen LogP contribution is -2.34. The van der Waals surface area contributed by atoms with Crippen molar-refractivity contribution in [3.8, 4) is 11.5 Å². The average Bonchev–Trinajstić information content (AvgIpc) is 3.06. The zero-order chi connectivity index (χ0) is 21.8. The number of ketones is 1. The molecule has 1 heterocycles. The first-order valence-corrected chi connectivity index (χ1v) is 11.5. The molecule has 0 amide bonds. The molecule has 32 heavy (non-hydrogen) atoms. The topological polar surface area (TPSA) is 38.8 Å². The number of piperidine rings is 1. The molecule has 1 unspecified atom stereocenters. The molecule has 2 aromatic rings. The lowest BCUT2D eigenvalue weighted by Gasteiger charge is -2.33. The summed E-state index contributed by atoms with van der Waals surface area (Å²) in [6, 6.07) is 10.7. The zero-order valence-electron chi connectivity index (χ0n) is 18.9. The molecule has 2 aromatic carbocycles. The number of halogens is 2. The molecule has 1 aliphatic carbocycles. The van der Waals surface area contributed by atoms with Crippen LogP contribution in [0, 0.1) is 17.7 Å². The number of hydrogen-bond donors (Lipinski definition) is 0. The Kier molecular flexibility index (Phi) is 8.55. The third kappa shape index (κ3) is 5.62. The van der Waals surface area contributed by atoms with E-state index in [0.717, 1.165) is 67.8 Å². The number of carbonyl (C=O) groups excluding carboxylic acids is 1. The molecule has 174 valence electrons. The van der Waals surface area contributed by atoms with Gasteiger partial charge in [-0.1, -0.05) is 12.1 Å². The number of fused-ring (bicyclic) bond motifs is 1. The third-order valence-corrected chi connectivity index (χ3v) is 6.52. The second kappa shape index (κ2) is 11.2. The molecule has 0 N–H and O–H groups in total. The number of likely N-dealkylation sites (tertiary alicyclic amines) is 1. The molecular formula is C26H33ClFNO3. The van der Waals surface area contributed by atoms with Gasteiger partial charge in [0.25, 0.3) is 0 Å². The highest BCUT2D eigenvalue weighted by Gasteiger charge is 2.34. The van der Waals surface area contributed by atoms with Crippen LogP contribution in [-0.2, 0) is 13.0 Å². The van der Waals surface area contributed by atoms with Gasteiger partial charge in [-0.05, 0) is 93.9 Å². The summed E-state index contributed by atoms with van der Waals surface area (Å²) in [5.74, 6) is 2.12. The highest BCUT2D eigenvalue weighted by molar-refractivity contribution is 6.02. The Bertz CT molecular complexity index is 910. The van der Waals surface area contributed by atoms with E-state index < -0.39 is 0 Å². The van der Waals surface area contributed by atoms with E-state index in [-0.39, 0.29) is 29.9 Å². The number of ether oxygens (including phenoxy) is 2. The minimum atomic E-state index is -0.188. The van der Waals surface area contributed by atoms with Crippen molar-refractivity contribution in [3.63, 3.8) is 0 Å². The van der Waals surface area contributed by atoms with Crippen LogP contribution in [0.3, 0.4) is 0 Å². The monoisotopic (exact) mass is 461 g/mol. The Morgan fingerprint density at radius 2 is 1.62 bits per heavy atom. The van der Waals surface area contributed by atoms with Crippen LogP contribution in [0.4, 0.5) is 4.39 Å². The van der Waals surface area contributed by atoms with Gasteiger partial charge in [0, 0.05) is 18.0 Å². The quantitative estimate of drug-likeness (QED) is 0.505. The van der Waals surface area contributed by atoms with Crippen molar-refractivity contribution in [1.29, 1.82) is 0 Å². The van der Waals surface area contributed by atoms with Gasteiger partial charge in [0.15, 0.2) is 17.3 Å². The molecule has 2 aliphatic rings. The third-order valence-electron chi connectivity index (χ3n) is 6.52. The largest absolute Gasteiger partial charge is 0.490 e. The van der Waals surface area contributed by atoms with Gasteiger partial charge in [0.1, 0.15) is 5.82 Å². The minimum absolute atomic E-state index is 0. The second-order valence-electron chi connectivity index (χ2n) is 8.67. The fourth-order valence-corrected chi connectivity index (χ4v) is 4.94. The zero-order valence-corrected chi connectivity index (χ0v) is 19.8. The predicted octanol–water partition coefficient (Wildman–Crippen LogP) is 5.70. The lowest BCUT2D eigenvalue weighted by atomic mass is 9.85. The van der Waals surface area contributed by atoms with Crippen molar-refractivity contribution in [1.82, 2.24) is 4.90 Å². The SMILES string of the molecule is CCOc1cc2c(cc1OCC)C(=O)C(CC1CCN(Cc3ccc(F)cc3)CC1)C2.Cl. The van der Waals surface area contributed by atoms with Crippen LogP contribution in [0.25, 0.3) is 0 Å². The molecular weight excluding hydrogens is 429 g/mol. The standard InChI is InChI=1S/C26H32FNO3.ClH/c1-3-30-24-15-20-14-21(26(29)23(20)16-25(24)31-4-2)13-18-9-11-28(12-10-18)17-19-5-7-22(27)8-6-19;/h5-8,15-16,18,21H,3-4,9-14,17H2,1-2H3;1H. The van der Waals surface area contributed by atoms with Crippen LogP contribution in [0.15, 0.2) is 36.4 Å². The molecule has 4 rings (SSSR count). The Balaban J connectivity index is 0.00000289. The summed E-state index contributed by atoms with van der Waals surface area (Å²) >= 11 is 0. The molecule has 6 heteroatoms. The molecule has 0 bridgehead atoms. The van der Waals surface area contributed by atoms with E-state index in [9.17, 15) is 9.18 Å². The van der Waals surface area contributed by atoms with Gasteiger partial charge in [-0.3, -0.25) is 9.69 Å². The van der Waals surface area contributed by atoms with Gasteiger partial charge >= 0.3 is 0 Å². The van der Waals surface area contributed by atoms with Gasteiger partial charge in [-0.2, -0.15) is 0 Å². The van der Waals surface area contributed by atoms with Gasteiger partial charge in [-0.25, -0.2) is 4.39 Å². The molecule has 1 atom stereocenters. The van der Waals surface area contributed by atoms with E-state index in [1.807, 2.05) is 38.1 Å². The highest BCUT2D eigenvalue weighted by Crippen LogP contribution is 2.40. The summed E-state index contributed by atoms with van der Waals surface area (Å²) in [5.41, 5.74) is 3.05. The molecule has 1 fully saturated rings. The summed E-state index contributed by atoms with van der Waals surface area (Å²) in [4.78, 5) is 15.5. The van der Waals surface area contributed by atoms with E-state index in [1.165, 1.54) is 12.1 Å². The summed E-state index contributed by atoms with van der Waals surface area (Å²) in [7, 11) is 0. The van der Waals surface area contributed by atoms with Crippen molar-refractivity contribution < 1.29 is 18.7 Å². The van der Waals surface area contributed by atoms with Gasteiger partial charge < -0.3 is 9.47 Å². The summed E-state index contributed by atoms with van der Waals surface area (Å²) < 4.78 is 24.6. The van der Waals surface area contributed by atoms with Crippen LogP contribution in [0.5, 0.6) is 11.5 Å². The normalized spacial score (nSPS) is 18.8. The predicted molar refractivity (Wildman–Crippen MR) is 127 cm³/mol. The van der Waals surface area contributed by atoms with E-state index >= 15 is 0 Å². The van der Waals surface area contributed by atoms with Crippen molar-refractivity contribution >= 4 is 18.2 Å². The first kappa shape index (κ1) is 24.5. The van der Waals surface area contributed by atoms with E-state index in [0.29, 0.717) is 24.9 Å². The first-order chi connectivity index (χ1) is 15.1. The number of hydrogen-bond acceptors (Lipinski definition) is 4. The molecule has 1 saturated heterocycles. The second-order valence-corrected chi connectivity index (χ2v) is 8.67. The fraction of sp³-hybridized carbons (Fsp3) is 0.500. The van der Waals surface area contributed by atoms with Crippen molar-refractivity contribution in [2.45, 2.75) is 46.1 Å². The van der Waals surface area contributed by atoms with Crippen molar-refractivity contribution in [2.24, 2.45) is 11.8 Å². The van der Waals surface area contributed by atoms with Gasteiger partial charge in [0.2, 0.25) is 0 Å². The maximum Gasteiger partial charge on any atom is 0.166 e. The minimum Gasteiger partial charge on any atom is -0.490 e. The summed E-state index contributed by atoms with van der Waals surface area (Å²) in [6.07, 6.45) is 3.97. The molecule has 0 aromatic heterocycles. The number of benzene rings is 2. The van der Waals surface area contributed by atoms with E-state index in [2.05, 4.69) is 4.90 Å². The maximum atomic E-state index is 13.1. The van der Waals surface area contributed by atoms with Crippen LogP contribution in [0.1, 0.15) is 54.6 Å². The highest BCUT2D eigenvalue weighted by atomic mass is 35.5. The van der Waals surface area contributed by atoms with Gasteiger partial charge in [0.05, 0.1) is 13.2 Å². The van der Waals surface area contributed by atoms with E-state index in [1.54, 1.807) is 0 Å². The van der Waals surface area contributed by atoms with Crippen LogP contribution >= 0.6 is 12.4 Å². The maximum absolute atomic E-state index is 13.1. The van der Waals surface area contributed by atoms with Crippen molar-refractivity contribution in [2.75, 3.05) is 26.3 Å². The lowest BCUT2D eigenvalue weighted by molar-refractivity contribution is 0.0895.